The van der Waals surface area contributed by atoms with Crippen molar-refractivity contribution in [3.05, 3.63) is 71.0 Å². The van der Waals surface area contributed by atoms with Crippen LogP contribution < -0.4 is 10.6 Å². The first-order chi connectivity index (χ1) is 15.5. The fourth-order valence-corrected chi connectivity index (χ4v) is 5.52. The lowest BCUT2D eigenvalue weighted by molar-refractivity contribution is 0.187. The summed E-state index contributed by atoms with van der Waals surface area (Å²) in [5.41, 5.74) is 10.5. The number of benzene rings is 2. The first-order valence-corrected chi connectivity index (χ1v) is 11.2. The predicted octanol–water partition coefficient (Wildman–Crippen LogP) is 4.02. The summed E-state index contributed by atoms with van der Waals surface area (Å²) in [6.07, 6.45) is 6.61. The first-order valence-electron chi connectivity index (χ1n) is 10.8. The number of piperidine rings is 1. The van der Waals surface area contributed by atoms with Crippen LogP contribution in [-0.4, -0.2) is 37.9 Å². The molecule has 0 bridgehead atoms. The molecule has 2 aliphatic rings. The number of halogens is 1. The van der Waals surface area contributed by atoms with Crippen molar-refractivity contribution in [3.8, 4) is 11.4 Å². The van der Waals surface area contributed by atoms with Crippen LogP contribution in [0.4, 0.5) is 5.95 Å². The van der Waals surface area contributed by atoms with Crippen LogP contribution in [0, 0.1) is 5.41 Å². The third kappa shape index (κ3) is 2.96. The second kappa shape index (κ2) is 7.18. The minimum absolute atomic E-state index is 0.0636. The van der Waals surface area contributed by atoms with Crippen LogP contribution in [0.5, 0.6) is 5.75 Å². The summed E-state index contributed by atoms with van der Waals surface area (Å²) in [6, 6.07) is 13.6. The van der Waals surface area contributed by atoms with E-state index in [0.717, 1.165) is 37.7 Å². The molecule has 4 aromatic rings. The van der Waals surface area contributed by atoms with Crippen LogP contribution in [0.2, 0.25) is 5.02 Å². The topological polar surface area (TPSA) is 93.1 Å². The molecule has 1 saturated heterocycles. The summed E-state index contributed by atoms with van der Waals surface area (Å²) in [5, 5.41) is 16.0. The van der Waals surface area contributed by atoms with Gasteiger partial charge in [-0.25, -0.2) is 9.67 Å². The summed E-state index contributed by atoms with van der Waals surface area (Å²) in [6.45, 7) is 1.72. The SMILES string of the molecule is N[C@@H]1c2ccccc2CC12CCN(c1ncc3cn(-c4c(O)cccc4Cl)nc3n1)CC2. The number of aromatic hydroxyl groups is 1. The van der Waals surface area contributed by atoms with Crippen LogP contribution >= 0.6 is 11.6 Å². The number of phenols is 1. The normalized spacial score (nSPS) is 19.6. The number of hydrogen-bond acceptors (Lipinski definition) is 6. The molecule has 0 amide bonds. The molecule has 32 heavy (non-hydrogen) atoms. The molecule has 1 spiro atoms. The van der Waals surface area contributed by atoms with Crippen LogP contribution in [-0.2, 0) is 6.42 Å². The van der Waals surface area contributed by atoms with Crippen molar-refractivity contribution < 1.29 is 5.11 Å². The average Bonchev–Trinajstić information content (AvgIpc) is 3.33. The quantitative estimate of drug-likeness (QED) is 0.483. The highest BCUT2D eigenvalue weighted by atomic mass is 35.5. The zero-order valence-corrected chi connectivity index (χ0v) is 18.2. The summed E-state index contributed by atoms with van der Waals surface area (Å²) in [7, 11) is 0. The number of aromatic nitrogens is 4. The summed E-state index contributed by atoms with van der Waals surface area (Å²) in [4.78, 5) is 11.5. The Bertz CT molecular complexity index is 1310. The van der Waals surface area contributed by atoms with Gasteiger partial charge in [0.1, 0.15) is 11.4 Å². The highest BCUT2D eigenvalue weighted by molar-refractivity contribution is 6.32. The number of phenolic OH excluding ortho intramolecular Hbond substituents is 1. The van der Waals surface area contributed by atoms with Gasteiger partial charge in [0.05, 0.1) is 10.4 Å². The molecule has 0 radical (unpaired) electrons. The van der Waals surface area contributed by atoms with Crippen molar-refractivity contribution in [3.63, 3.8) is 0 Å². The molecule has 2 aromatic heterocycles. The van der Waals surface area contributed by atoms with Gasteiger partial charge in [0.15, 0.2) is 5.65 Å². The number of anilines is 1. The van der Waals surface area contributed by atoms with Gasteiger partial charge in [-0.2, -0.15) is 4.98 Å². The number of nitrogens with two attached hydrogens (primary N) is 1. The summed E-state index contributed by atoms with van der Waals surface area (Å²) >= 11 is 6.27. The fraction of sp³-hybridized carbons (Fsp3) is 0.292. The van der Waals surface area contributed by atoms with E-state index >= 15 is 0 Å². The van der Waals surface area contributed by atoms with E-state index in [4.69, 9.17) is 22.3 Å². The maximum Gasteiger partial charge on any atom is 0.227 e. The molecule has 1 fully saturated rings. The van der Waals surface area contributed by atoms with Gasteiger partial charge in [-0.1, -0.05) is 41.9 Å². The molecule has 2 aromatic carbocycles. The van der Waals surface area contributed by atoms with Crippen molar-refractivity contribution in [2.24, 2.45) is 11.1 Å². The smallest absolute Gasteiger partial charge is 0.227 e. The molecule has 3 heterocycles. The Balaban J connectivity index is 1.25. The van der Waals surface area contributed by atoms with E-state index in [1.165, 1.54) is 11.1 Å². The van der Waals surface area contributed by atoms with E-state index in [1.807, 2.05) is 0 Å². The Kier molecular flexibility index (Phi) is 4.38. The van der Waals surface area contributed by atoms with Gasteiger partial charge in [-0.15, -0.1) is 5.10 Å². The average molecular weight is 447 g/mol. The summed E-state index contributed by atoms with van der Waals surface area (Å²) < 4.78 is 1.56. The Hall–Kier alpha value is -3.16. The zero-order valence-electron chi connectivity index (χ0n) is 17.4. The minimum atomic E-state index is 0.0636. The van der Waals surface area contributed by atoms with Crippen LogP contribution in [0.25, 0.3) is 16.7 Å². The van der Waals surface area contributed by atoms with Gasteiger partial charge in [-0.3, -0.25) is 0 Å². The van der Waals surface area contributed by atoms with E-state index < -0.39 is 0 Å². The molecular formula is C24H23ClN6O. The molecular weight excluding hydrogens is 424 g/mol. The van der Waals surface area contributed by atoms with E-state index in [2.05, 4.69) is 39.2 Å². The zero-order chi connectivity index (χ0) is 21.9. The predicted molar refractivity (Wildman–Crippen MR) is 124 cm³/mol. The van der Waals surface area contributed by atoms with Gasteiger partial charge in [0.2, 0.25) is 5.95 Å². The lowest BCUT2D eigenvalue weighted by Crippen LogP contribution is -2.44. The van der Waals surface area contributed by atoms with Crippen LogP contribution in [0.1, 0.15) is 30.0 Å². The van der Waals surface area contributed by atoms with Crippen molar-refractivity contribution in [2.75, 3.05) is 18.0 Å². The van der Waals surface area contributed by atoms with Crippen molar-refractivity contribution in [1.29, 1.82) is 0 Å². The lowest BCUT2D eigenvalue weighted by atomic mass is 9.73. The third-order valence-corrected chi connectivity index (χ3v) is 7.38. The van der Waals surface area contributed by atoms with E-state index in [1.54, 1.807) is 35.3 Å². The molecule has 3 N–H and O–H groups in total. The van der Waals surface area contributed by atoms with E-state index in [9.17, 15) is 5.11 Å². The monoisotopic (exact) mass is 446 g/mol. The fourth-order valence-electron chi connectivity index (χ4n) is 5.26. The van der Waals surface area contributed by atoms with E-state index in [0.29, 0.717) is 22.3 Å². The largest absolute Gasteiger partial charge is 0.506 e. The molecule has 1 atom stereocenters. The molecule has 0 unspecified atom stereocenters. The number of fused-ring (bicyclic) bond motifs is 2. The minimum Gasteiger partial charge on any atom is -0.506 e. The van der Waals surface area contributed by atoms with Crippen molar-refractivity contribution >= 4 is 28.6 Å². The van der Waals surface area contributed by atoms with Gasteiger partial charge < -0.3 is 15.7 Å². The van der Waals surface area contributed by atoms with Gasteiger partial charge in [0, 0.05) is 31.5 Å². The number of para-hydroxylation sites is 1. The maximum absolute atomic E-state index is 10.2. The van der Waals surface area contributed by atoms with Crippen molar-refractivity contribution in [2.45, 2.75) is 25.3 Å². The summed E-state index contributed by atoms with van der Waals surface area (Å²) in [5.74, 6) is 0.735. The number of nitrogens with zero attached hydrogens (tertiary/aromatic N) is 5. The molecule has 1 aliphatic heterocycles. The van der Waals surface area contributed by atoms with Crippen LogP contribution in [0.3, 0.4) is 0 Å². The van der Waals surface area contributed by atoms with Gasteiger partial charge in [0.25, 0.3) is 0 Å². The Morgan fingerprint density at radius 1 is 1.09 bits per heavy atom. The van der Waals surface area contributed by atoms with Gasteiger partial charge in [-0.05, 0) is 47.9 Å². The van der Waals surface area contributed by atoms with Crippen molar-refractivity contribution in [1.82, 2.24) is 19.7 Å². The molecule has 7 nitrogen and oxygen atoms in total. The molecule has 1 aliphatic carbocycles. The Morgan fingerprint density at radius 3 is 2.69 bits per heavy atom. The number of hydrogen-bond donors (Lipinski definition) is 2. The first kappa shape index (κ1) is 19.5. The highest BCUT2D eigenvalue weighted by Crippen LogP contribution is 2.50. The third-order valence-electron chi connectivity index (χ3n) is 7.08. The highest BCUT2D eigenvalue weighted by Gasteiger charge is 2.46. The maximum atomic E-state index is 10.2. The second-order valence-electron chi connectivity index (χ2n) is 8.83. The second-order valence-corrected chi connectivity index (χ2v) is 9.24. The van der Waals surface area contributed by atoms with E-state index in [-0.39, 0.29) is 17.2 Å². The Morgan fingerprint density at radius 2 is 1.91 bits per heavy atom. The number of rotatable bonds is 2. The Labute approximate surface area is 190 Å². The van der Waals surface area contributed by atoms with Gasteiger partial charge >= 0.3 is 0 Å². The van der Waals surface area contributed by atoms with Crippen LogP contribution in [0.15, 0.2) is 54.9 Å². The molecule has 162 valence electrons. The molecule has 0 saturated carbocycles. The molecule has 8 heteroatoms. The lowest BCUT2D eigenvalue weighted by Gasteiger charge is -2.42. The molecule has 6 rings (SSSR count). The standard InChI is InChI=1S/C24H23ClN6O/c25-18-6-3-7-19(32)20(18)31-14-16-13-27-23(28-22(16)29-31)30-10-8-24(9-11-30)12-15-4-1-2-5-17(15)21(24)26/h1-7,13-14,21,32H,8-12,26H2/t21-/m1/s1.